The molecule has 0 radical (unpaired) electrons. The molecule has 4 rings (SSSR count). The lowest BCUT2D eigenvalue weighted by molar-refractivity contribution is 0.0596. The largest absolute Gasteiger partial charge is 0.490 e. The maximum atomic E-state index is 13.5. The second-order valence-electron chi connectivity index (χ2n) is 7.10. The summed E-state index contributed by atoms with van der Waals surface area (Å²) in [4.78, 5) is 19.1. The van der Waals surface area contributed by atoms with Gasteiger partial charge in [-0.1, -0.05) is 6.07 Å². The van der Waals surface area contributed by atoms with Gasteiger partial charge in [-0.2, -0.15) is 0 Å². The van der Waals surface area contributed by atoms with Crippen LogP contribution in [0.25, 0.3) is 0 Å². The highest BCUT2D eigenvalue weighted by Crippen LogP contribution is 2.24. The van der Waals surface area contributed by atoms with E-state index < -0.39 is 0 Å². The molecular formula is C23H21F2N3O2. The molecule has 2 heterocycles. The highest BCUT2D eigenvalue weighted by Gasteiger charge is 2.26. The van der Waals surface area contributed by atoms with Crippen LogP contribution in [0.15, 0.2) is 66.9 Å². The fourth-order valence-electron chi connectivity index (χ4n) is 3.43. The molecule has 1 amide bonds. The van der Waals surface area contributed by atoms with Gasteiger partial charge >= 0.3 is 0 Å². The predicted molar refractivity (Wildman–Crippen MR) is 110 cm³/mol. The Labute approximate surface area is 173 Å². The minimum absolute atomic E-state index is 0.0294. The van der Waals surface area contributed by atoms with Crippen LogP contribution in [0.4, 0.5) is 20.3 Å². The third kappa shape index (κ3) is 4.74. The number of halogens is 2. The lowest BCUT2D eigenvalue weighted by atomic mass is 10.1. The zero-order valence-electron chi connectivity index (χ0n) is 16.2. The maximum absolute atomic E-state index is 13.5. The molecule has 0 bridgehead atoms. The van der Waals surface area contributed by atoms with Gasteiger partial charge in [-0.3, -0.25) is 4.79 Å². The zero-order chi connectivity index (χ0) is 20.9. The molecule has 154 valence electrons. The van der Waals surface area contributed by atoms with E-state index in [1.807, 2.05) is 0 Å². The molecule has 2 aromatic carbocycles. The van der Waals surface area contributed by atoms with E-state index in [-0.39, 0.29) is 23.6 Å². The summed E-state index contributed by atoms with van der Waals surface area (Å²) in [6, 6.07) is 15.4. The molecule has 0 spiro atoms. The summed E-state index contributed by atoms with van der Waals surface area (Å²) in [7, 11) is 0. The number of benzene rings is 2. The van der Waals surface area contributed by atoms with Crippen LogP contribution < -0.4 is 10.1 Å². The Morgan fingerprint density at radius 2 is 1.77 bits per heavy atom. The molecule has 30 heavy (non-hydrogen) atoms. The Kier molecular flexibility index (Phi) is 5.88. The Morgan fingerprint density at radius 1 is 1.00 bits per heavy atom. The number of amides is 1. The van der Waals surface area contributed by atoms with E-state index in [0.717, 1.165) is 0 Å². The fraction of sp³-hybridized carbons (Fsp3) is 0.217. The normalized spacial score (nSPS) is 14.4. The molecular weight excluding hydrogens is 388 g/mol. The average Bonchev–Trinajstić information content (AvgIpc) is 2.76. The van der Waals surface area contributed by atoms with Crippen molar-refractivity contribution in [1.29, 1.82) is 0 Å². The first-order valence-electron chi connectivity index (χ1n) is 9.77. The van der Waals surface area contributed by atoms with Crippen molar-refractivity contribution in [2.24, 2.45) is 0 Å². The Bertz CT molecular complexity index is 1020. The highest BCUT2D eigenvalue weighted by molar-refractivity contribution is 5.99. The van der Waals surface area contributed by atoms with Crippen molar-refractivity contribution >= 4 is 17.4 Å². The summed E-state index contributed by atoms with van der Waals surface area (Å²) < 4.78 is 32.4. The number of hydrogen-bond acceptors (Lipinski definition) is 4. The molecule has 1 fully saturated rings. The van der Waals surface area contributed by atoms with Gasteiger partial charge < -0.3 is 15.0 Å². The summed E-state index contributed by atoms with van der Waals surface area (Å²) in [6.45, 7) is 1.08. The molecule has 5 nitrogen and oxygen atoms in total. The van der Waals surface area contributed by atoms with Crippen molar-refractivity contribution in [3.63, 3.8) is 0 Å². The van der Waals surface area contributed by atoms with Gasteiger partial charge in [0.25, 0.3) is 5.91 Å². The van der Waals surface area contributed by atoms with Gasteiger partial charge in [0, 0.05) is 37.8 Å². The highest BCUT2D eigenvalue weighted by atomic mass is 19.1. The van der Waals surface area contributed by atoms with Gasteiger partial charge in [0.15, 0.2) is 0 Å². The van der Waals surface area contributed by atoms with Crippen LogP contribution in [0.2, 0.25) is 0 Å². The second kappa shape index (κ2) is 8.90. The van der Waals surface area contributed by atoms with Crippen LogP contribution in [-0.4, -0.2) is 35.0 Å². The molecule has 1 aromatic heterocycles. The second-order valence-corrected chi connectivity index (χ2v) is 7.10. The molecule has 7 heteroatoms. The average molecular weight is 409 g/mol. The van der Waals surface area contributed by atoms with Crippen molar-refractivity contribution < 1.29 is 18.3 Å². The molecule has 0 saturated carbocycles. The number of piperidine rings is 1. The first-order valence-corrected chi connectivity index (χ1v) is 9.77. The summed E-state index contributed by atoms with van der Waals surface area (Å²) in [5.41, 5.74) is 0.953. The molecule has 1 aliphatic rings. The number of carbonyl (C=O) groups excluding carboxylic acids is 1. The number of carbonyl (C=O) groups is 1. The molecule has 0 aliphatic carbocycles. The number of pyridine rings is 1. The van der Waals surface area contributed by atoms with E-state index >= 15 is 0 Å². The summed E-state index contributed by atoms with van der Waals surface area (Å²) in [5, 5.41) is 3.03. The molecule has 0 unspecified atom stereocenters. The molecule has 1 N–H and O–H groups in total. The van der Waals surface area contributed by atoms with Crippen molar-refractivity contribution in [2.75, 3.05) is 18.4 Å². The number of hydrogen-bond donors (Lipinski definition) is 1. The van der Waals surface area contributed by atoms with Crippen molar-refractivity contribution in [3.05, 3.63) is 84.1 Å². The molecule has 1 saturated heterocycles. The number of rotatable bonds is 5. The standard InChI is InChI=1S/C23H21F2N3O2/c24-16-6-8-19(9-7-16)30-20-10-13-28(14-11-20)23(29)21-5-2-12-26-22(21)27-18-4-1-3-17(25)15-18/h1-9,12,15,20H,10-11,13-14H2,(H,26,27). The van der Waals surface area contributed by atoms with E-state index in [0.29, 0.717) is 48.7 Å². The molecule has 0 atom stereocenters. The number of anilines is 2. The van der Waals surface area contributed by atoms with Crippen LogP contribution in [0.1, 0.15) is 23.2 Å². The molecule has 3 aromatic rings. The van der Waals surface area contributed by atoms with E-state index in [1.165, 1.54) is 24.3 Å². The van der Waals surface area contributed by atoms with Gasteiger partial charge in [0.05, 0.1) is 5.56 Å². The first-order chi connectivity index (χ1) is 14.6. The minimum Gasteiger partial charge on any atom is -0.490 e. The number of aromatic nitrogens is 1. The summed E-state index contributed by atoms with van der Waals surface area (Å²) in [6.07, 6.45) is 2.91. The lowest BCUT2D eigenvalue weighted by Gasteiger charge is -2.32. The molecule has 1 aliphatic heterocycles. The van der Waals surface area contributed by atoms with Crippen LogP contribution >= 0.6 is 0 Å². The van der Waals surface area contributed by atoms with Gasteiger partial charge in [-0.05, 0) is 54.6 Å². The van der Waals surface area contributed by atoms with Gasteiger partial charge in [-0.25, -0.2) is 13.8 Å². The number of nitrogens with zero attached hydrogens (tertiary/aromatic N) is 2. The minimum atomic E-state index is -0.368. The lowest BCUT2D eigenvalue weighted by Crippen LogP contribution is -2.42. The zero-order valence-corrected chi connectivity index (χ0v) is 16.2. The number of ether oxygens (including phenoxy) is 1. The van der Waals surface area contributed by atoms with Gasteiger partial charge in [0.2, 0.25) is 0 Å². The van der Waals surface area contributed by atoms with E-state index in [2.05, 4.69) is 10.3 Å². The van der Waals surface area contributed by atoms with Crippen LogP contribution in [0, 0.1) is 11.6 Å². The van der Waals surface area contributed by atoms with E-state index in [1.54, 1.807) is 47.5 Å². The number of nitrogens with one attached hydrogen (secondary N) is 1. The summed E-state index contributed by atoms with van der Waals surface area (Å²) in [5.74, 6) is 0.198. The fourth-order valence-corrected chi connectivity index (χ4v) is 3.43. The van der Waals surface area contributed by atoms with Crippen LogP contribution in [0.3, 0.4) is 0 Å². The topological polar surface area (TPSA) is 54.5 Å². The predicted octanol–water partition coefficient (Wildman–Crippen LogP) is 4.79. The van der Waals surface area contributed by atoms with E-state index in [9.17, 15) is 13.6 Å². The van der Waals surface area contributed by atoms with Gasteiger partial charge in [-0.15, -0.1) is 0 Å². The van der Waals surface area contributed by atoms with Crippen LogP contribution in [-0.2, 0) is 0 Å². The monoisotopic (exact) mass is 409 g/mol. The van der Waals surface area contributed by atoms with Crippen molar-refractivity contribution in [2.45, 2.75) is 18.9 Å². The number of likely N-dealkylation sites (tertiary alicyclic amines) is 1. The van der Waals surface area contributed by atoms with E-state index in [4.69, 9.17) is 4.74 Å². The Morgan fingerprint density at radius 3 is 2.50 bits per heavy atom. The third-order valence-electron chi connectivity index (χ3n) is 4.97. The quantitative estimate of drug-likeness (QED) is 0.659. The van der Waals surface area contributed by atoms with Crippen molar-refractivity contribution in [3.8, 4) is 5.75 Å². The summed E-state index contributed by atoms with van der Waals surface area (Å²) >= 11 is 0. The maximum Gasteiger partial charge on any atom is 0.257 e. The SMILES string of the molecule is O=C(c1cccnc1Nc1cccc(F)c1)N1CCC(Oc2ccc(F)cc2)CC1. The Hall–Kier alpha value is -3.48. The van der Waals surface area contributed by atoms with Gasteiger partial charge in [0.1, 0.15) is 29.3 Å². The Balaban J connectivity index is 1.40. The smallest absolute Gasteiger partial charge is 0.257 e. The first kappa shape index (κ1) is 19.8. The van der Waals surface area contributed by atoms with Crippen molar-refractivity contribution in [1.82, 2.24) is 9.88 Å². The van der Waals surface area contributed by atoms with Crippen LogP contribution in [0.5, 0.6) is 5.75 Å². The third-order valence-corrected chi connectivity index (χ3v) is 4.97.